The van der Waals surface area contributed by atoms with Crippen molar-refractivity contribution in [2.75, 3.05) is 0 Å². The van der Waals surface area contributed by atoms with Crippen LogP contribution in [-0.2, 0) is 6.54 Å². The lowest BCUT2D eigenvalue weighted by molar-refractivity contribution is 0.0692. The van der Waals surface area contributed by atoms with E-state index in [9.17, 15) is 9.18 Å². The van der Waals surface area contributed by atoms with Gasteiger partial charge >= 0.3 is 5.97 Å². The van der Waals surface area contributed by atoms with Crippen LogP contribution >= 0.6 is 0 Å². The first-order chi connectivity index (χ1) is 8.52. The van der Waals surface area contributed by atoms with Crippen LogP contribution in [0.5, 0.6) is 0 Å². The SMILES string of the molecule is CCn1cc(-c2cc(C(=O)O)c(F)cc2C)cn1. The fourth-order valence-electron chi connectivity index (χ4n) is 1.82. The van der Waals surface area contributed by atoms with Gasteiger partial charge < -0.3 is 5.11 Å². The summed E-state index contributed by atoms with van der Waals surface area (Å²) in [6.07, 6.45) is 3.46. The molecule has 94 valence electrons. The number of rotatable bonds is 3. The van der Waals surface area contributed by atoms with E-state index >= 15 is 0 Å². The maximum absolute atomic E-state index is 13.5. The van der Waals surface area contributed by atoms with Crippen molar-refractivity contribution in [2.45, 2.75) is 20.4 Å². The van der Waals surface area contributed by atoms with Crippen molar-refractivity contribution in [3.05, 3.63) is 41.5 Å². The number of carboxylic acid groups (broad SMARTS) is 1. The lowest BCUT2D eigenvalue weighted by atomic mass is 10.00. The molecule has 1 aromatic carbocycles. The molecule has 0 spiro atoms. The number of nitrogens with zero attached hydrogens (tertiary/aromatic N) is 2. The van der Waals surface area contributed by atoms with E-state index in [-0.39, 0.29) is 5.56 Å². The summed E-state index contributed by atoms with van der Waals surface area (Å²) >= 11 is 0. The maximum atomic E-state index is 13.5. The molecule has 18 heavy (non-hydrogen) atoms. The van der Waals surface area contributed by atoms with Crippen molar-refractivity contribution in [3.8, 4) is 11.1 Å². The van der Waals surface area contributed by atoms with Gasteiger partial charge in [-0.1, -0.05) is 0 Å². The Morgan fingerprint density at radius 2 is 2.22 bits per heavy atom. The van der Waals surface area contributed by atoms with Crippen molar-refractivity contribution in [3.63, 3.8) is 0 Å². The number of carboxylic acids is 1. The molecule has 0 aliphatic rings. The molecule has 2 aromatic rings. The number of aromatic nitrogens is 2. The molecule has 0 radical (unpaired) electrons. The van der Waals surface area contributed by atoms with E-state index in [1.807, 2.05) is 13.1 Å². The predicted molar refractivity (Wildman–Crippen MR) is 65.0 cm³/mol. The van der Waals surface area contributed by atoms with Gasteiger partial charge in [0.1, 0.15) is 5.82 Å². The third-order valence-electron chi connectivity index (χ3n) is 2.81. The van der Waals surface area contributed by atoms with Crippen molar-refractivity contribution >= 4 is 5.97 Å². The topological polar surface area (TPSA) is 55.1 Å². The van der Waals surface area contributed by atoms with E-state index in [0.717, 1.165) is 12.1 Å². The van der Waals surface area contributed by atoms with E-state index < -0.39 is 11.8 Å². The second-order valence-corrected chi connectivity index (χ2v) is 4.04. The monoisotopic (exact) mass is 248 g/mol. The molecule has 0 amide bonds. The Kier molecular flexibility index (Phi) is 3.14. The van der Waals surface area contributed by atoms with Gasteiger partial charge in [-0.05, 0) is 37.1 Å². The zero-order valence-electron chi connectivity index (χ0n) is 10.1. The minimum absolute atomic E-state index is 0.320. The molecule has 0 saturated carbocycles. The number of aryl methyl sites for hydroxylation is 2. The van der Waals surface area contributed by atoms with Crippen LogP contribution in [0.25, 0.3) is 11.1 Å². The molecule has 1 N–H and O–H groups in total. The minimum Gasteiger partial charge on any atom is -0.478 e. The Labute approximate surface area is 104 Å². The average molecular weight is 248 g/mol. The highest BCUT2D eigenvalue weighted by atomic mass is 19.1. The Morgan fingerprint density at radius 1 is 1.50 bits per heavy atom. The fourth-order valence-corrected chi connectivity index (χ4v) is 1.82. The van der Waals surface area contributed by atoms with E-state index in [0.29, 0.717) is 11.1 Å². The molecular weight excluding hydrogens is 235 g/mol. The van der Waals surface area contributed by atoms with Crippen LogP contribution < -0.4 is 0 Å². The molecule has 5 heteroatoms. The van der Waals surface area contributed by atoms with Crippen molar-refractivity contribution < 1.29 is 14.3 Å². The van der Waals surface area contributed by atoms with E-state index in [4.69, 9.17) is 5.11 Å². The number of hydrogen-bond acceptors (Lipinski definition) is 2. The van der Waals surface area contributed by atoms with Gasteiger partial charge in [-0.2, -0.15) is 5.10 Å². The van der Waals surface area contributed by atoms with E-state index in [2.05, 4.69) is 5.10 Å². The van der Waals surface area contributed by atoms with Crippen LogP contribution in [0.1, 0.15) is 22.8 Å². The maximum Gasteiger partial charge on any atom is 0.338 e. The molecule has 0 unspecified atom stereocenters. The largest absolute Gasteiger partial charge is 0.478 e. The summed E-state index contributed by atoms with van der Waals surface area (Å²) in [6, 6.07) is 2.59. The van der Waals surface area contributed by atoms with Crippen molar-refractivity contribution in [2.24, 2.45) is 0 Å². The second-order valence-electron chi connectivity index (χ2n) is 4.04. The molecule has 4 nitrogen and oxygen atoms in total. The summed E-state index contributed by atoms with van der Waals surface area (Å²) in [5.41, 5.74) is 1.85. The van der Waals surface area contributed by atoms with Crippen LogP contribution in [0.3, 0.4) is 0 Å². The molecule has 0 saturated heterocycles. The van der Waals surface area contributed by atoms with Gasteiger partial charge in [0.05, 0.1) is 11.8 Å². The predicted octanol–water partition coefficient (Wildman–Crippen LogP) is 2.72. The minimum atomic E-state index is -1.27. The molecule has 1 heterocycles. The summed E-state index contributed by atoms with van der Waals surface area (Å²) in [4.78, 5) is 10.9. The Balaban J connectivity index is 2.56. The smallest absolute Gasteiger partial charge is 0.338 e. The van der Waals surface area contributed by atoms with Crippen LogP contribution in [0, 0.1) is 12.7 Å². The van der Waals surface area contributed by atoms with Gasteiger partial charge in [0.15, 0.2) is 0 Å². The number of benzene rings is 1. The van der Waals surface area contributed by atoms with E-state index in [1.54, 1.807) is 17.8 Å². The van der Waals surface area contributed by atoms with E-state index in [1.165, 1.54) is 12.1 Å². The number of hydrogen-bond donors (Lipinski definition) is 1. The highest BCUT2D eigenvalue weighted by molar-refractivity contribution is 5.90. The molecule has 2 rings (SSSR count). The van der Waals surface area contributed by atoms with Gasteiger partial charge in [-0.25, -0.2) is 9.18 Å². The number of carbonyl (C=O) groups is 1. The highest BCUT2D eigenvalue weighted by Gasteiger charge is 2.15. The summed E-state index contributed by atoms with van der Waals surface area (Å²) < 4.78 is 15.2. The van der Waals surface area contributed by atoms with Crippen molar-refractivity contribution in [1.82, 2.24) is 9.78 Å². The standard InChI is InChI=1S/C13H13FN2O2/c1-3-16-7-9(6-15-16)10-5-11(13(17)18)12(14)4-8(10)2/h4-7H,3H2,1-2H3,(H,17,18). The third-order valence-corrected chi connectivity index (χ3v) is 2.81. The lowest BCUT2D eigenvalue weighted by Crippen LogP contribution is -2.02. The molecular formula is C13H13FN2O2. The zero-order chi connectivity index (χ0) is 13.3. The first-order valence-electron chi connectivity index (χ1n) is 5.59. The zero-order valence-corrected chi connectivity index (χ0v) is 10.1. The van der Waals surface area contributed by atoms with Gasteiger partial charge in [0, 0.05) is 18.3 Å². The molecule has 0 aliphatic heterocycles. The van der Waals surface area contributed by atoms with Gasteiger partial charge in [-0.15, -0.1) is 0 Å². The molecule has 0 atom stereocenters. The number of aromatic carboxylic acids is 1. The quantitative estimate of drug-likeness (QED) is 0.908. The van der Waals surface area contributed by atoms with Gasteiger partial charge in [0.25, 0.3) is 0 Å². The van der Waals surface area contributed by atoms with Gasteiger partial charge in [0.2, 0.25) is 0 Å². The molecule has 0 bridgehead atoms. The summed E-state index contributed by atoms with van der Waals surface area (Å²) in [5.74, 6) is -1.98. The second kappa shape index (κ2) is 4.60. The highest BCUT2D eigenvalue weighted by Crippen LogP contribution is 2.26. The summed E-state index contributed by atoms with van der Waals surface area (Å²) in [6.45, 7) is 4.43. The first-order valence-corrected chi connectivity index (χ1v) is 5.59. The number of halogens is 1. The normalized spacial score (nSPS) is 10.6. The summed E-state index contributed by atoms with van der Waals surface area (Å²) in [5, 5.41) is 13.0. The lowest BCUT2D eigenvalue weighted by Gasteiger charge is -2.06. The average Bonchev–Trinajstić information content (AvgIpc) is 2.77. The van der Waals surface area contributed by atoms with Crippen LogP contribution in [0.4, 0.5) is 4.39 Å². The van der Waals surface area contributed by atoms with Crippen LogP contribution in [0.15, 0.2) is 24.5 Å². The summed E-state index contributed by atoms with van der Waals surface area (Å²) in [7, 11) is 0. The van der Waals surface area contributed by atoms with Crippen molar-refractivity contribution in [1.29, 1.82) is 0 Å². The Hall–Kier alpha value is -2.17. The van der Waals surface area contributed by atoms with Crippen LogP contribution in [-0.4, -0.2) is 20.9 Å². The molecule has 1 aromatic heterocycles. The van der Waals surface area contributed by atoms with Crippen LogP contribution in [0.2, 0.25) is 0 Å². The first kappa shape index (κ1) is 12.3. The third kappa shape index (κ3) is 2.11. The Morgan fingerprint density at radius 3 is 2.78 bits per heavy atom. The molecule has 0 aliphatic carbocycles. The van der Waals surface area contributed by atoms with Gasteiger partial charge in [-0.3, -0.25) is 4.68 Å². The molecule has 0 fully saturated rings. The Bertz CT molecular complexity index is 605. The fraction of sp³-hybridized carbons (Fsp3) is 0.231.